The van der Waals surface area contributed by atoms with E-state index in [-0.39, 0.29) is 18.0 Å². The molecule has 0 spiro atoms. The van der Waals surface area contributed by atoms with Crippen LogP contribution in [0.1, 0.15) is 16.1 Å². The van der Waals surface area contributed by atoms with E-state index in [9.17, 15) is 9.18 Å². The van der Waals surface area contributed by atoms with E-state index < -0.39 is 5.82 Å². The van der Waals surface area contributed by atoms with Gasteiger partial charge < -0.3 is 13.9 Å². The molecule has 0 unspecified atom stereocenters. The van der Waals surface area contributed by atoms with Crippen LogP contribution in [0.3, 0.4) is 0 Å². The van der Waals surface area contributed by atoms with Gasteiger partial charge in [-0.15, -0.1) is 0 Å². The zero-order chi connectivity index (χ0) is 19.5. The molecule has 0 saturated carbocycles. The summed E-state index contributed by atoms with van der Waals surface area (Å²) in [4.78, 5) is 25.1. The number of ether oxygens (including phenoxy) is 2. The molecule has 28 heavy (non-hydrogen) atoms. The molecular weight excluding hydrogens is 363 g/mol. The fraction of sp³-hybridized carbons (Fsp3) is 0.100. The number of rotatable bonds is 6. The van der Waals surface area contributed by atoms with Gasteiger partial charge in [0.25, 0.3) is 0 Å². The van der Waals surface area contributed by atoms with Gasteiger partial charge in [0, 0.05) is 24.2 Å². The lowest BCUT2D eigenvalue weighted by atomic mass is 10.1. The normalized spacial score (nSPS) is 10.8. The van der Waals surface area contributed by atoms with Gasteiger partial charge in [0.05, 0.1) is 43.9 Å². The Balaban J connectivity index is 1.65. The van der Waals surface area contributed by atoms with Crippen molar-refractivity contribution >= 4 is 11.4 Å². The molecule has 140 valence electrons. The lowest BCUT2D eigenvalue weighted by molar-refractivity contribution is 0.0992. The number of methoxy groups -OCH3 is 1. The highest BCUT2D eigenvalue weighted by atomic mass is 19.1. The number of Topliss-reactive ketones (excluding diaryl/α,β-unsaturated/α-hetero) is 1. The molecule has 0 fully saturated rings. The SMILES string of the molecule is COc1ccc(CC(=O)c2cc(Oc3cncc(F)c3)cn3ccnc23)nc1. The van der Waals surface area contributed by atoms with Gasteiger partial charge in [0.2, 0.25) is 0 Å². The molecule has 8 heteroatoms. The van der Waals surface area contributed by atoms with Gasteiger partial charge in [-0.25, -0.2) is 9.37 Å². The van der Waals surface area contributed by atoms with Crippen molar-refractivity contribution in [1.82, 2.24) is 19.4 Å². The van der Waals surface area contributed by atoms with Crippen molar-refractivity contribution < 1.29 is 18.7 Å². The van der Waals surface area contributed by atoms with Crippen LogP contribution in [-0.2, 0) is 6.42 Å². The fourth-order valence-corrected chi connectivity index (χ4v) is 2.75. The number of aromatic nitrogens is 4. The van der Waals surface area contributed by atoms with Crippen molar-refractivity contribution in [3.63, 3.8) is 0 Å². The number of nitrogens with zero attached hydrogens (tertiary/aromatic N) is 4. The van der Waals surface area contributed by atoms with Crippen molar-refractivity contribution in [2.45, 2.75) is 6.42 Å². The Labute approximate surface area is 159 Å². The third-order valence-electron chi connectivity index (χ3n) is 4.05. The molecule has 0 amide bonds. The molecule has 0 aromatic carbocycles. The minimum absolute atomic E-state index is 0.0947. The predicted molar refractivity (Wildman–Crippen MR) is 98.3 cm³/mol. The van der Waals surface area contributed by atoms with Crippen LogP contribution in [0.4, 0.5) is 4.39 Å². The molecule has 0 aliphatic rings. The third kappa shape index (κ3) is 3.66. The fourth-order valence-electron chi connectivity index (χ4n) is 2.75. The highest BCUT2D eigenvalue weighted by Crippen LogP contribution is 2.25. The van der Waals surface area contributed by atoms with Gasteiger partial charge in [-0.05, 0) is 18.2 Å². The highest BCUT2D eigenvalue weighted by molar-refractivity contribution is 6.02. The average Bonchev–Trinajstić information content (AvgIpc) is 3.16. The van der Waals surface area contributed by atoms with E-state index in [0.29, 0.717) is 28.4 Å². The van der Waals surface area contributed by atoms with E-state index >= 15 is 0 Å². The number of hydrogen-bond acceptors (Lipinski definition) is 6. The van der Waals surface area contributed by atoms with Gasteiger partial charge in [0.15, 0.2) is 5.78 Å². The van der Waals surface area contributed by atoms with Gasteiger partial charge in [-0.2, -0.15) is 0 Å². The largest absolute Gasteiger partial charge is 0.495 e. The number of carbonyl (C=O) groups excluding carboxylic acids is 1. The Morgan fingerprint density at radius 2 is 2.00 bits per heavy atom. The van der Waals surface area contributed by atoms with Crippen LogP contribution in [0, 0.1) is 5.82 Å². The molecule has 7 nitrogen and oxygen atoms in total. The van der Waals surface area contributed by atoms with Gasteiger partial charge in [-0.3, -0.25) is 14.8 Å². The summed E-state index contributed by atoms with van der Waals surface area (Å²) in [5.41, 5.74) is 1.49. The second-order valence-corrected chi connectivity index (χ2v) is 5.98. The summed E-state index contributed by atoms with van der Waals surface area (Å²) in [6, 6.07) is 6.28. The first kappa shape index (κ1) is 17.6. The van der Waals surface area contributed by atoms with Crippen LogP contribution < -0.4 is 9.47 Å². The number of imidazole rings is 1. The van der Waals surface area contributed by atoms with Crippen LogP contribution in [0.25, 0.3) is 5.65 Å². The molecule has 0 bridgehead atoms. The lowest BCUT2D eigenvalue weighted by Gasteiger charge is -2.09. The van der Waals surface area contributed by atoms with Crippen molar-refractivity contribution in [2.75, 3.05) is 7.11 Å². The third-order valence-corrected chi connectivity index (χ3v) is 4.05. The summed E-state index contributed by atoms with van der Waals surface area (Å²) in [5.74, 6) is 0.532. The molecule has 4 aromatic rings. The van der Waals surface area contributed by atoms with Gasteiger partial charge >= 0.3 is 0 Å². The van der Waals surface area contributed by atoms with Crippen molar-refractivity contribution in [3.05, 3.63) is 78.5 Å². The summed E-state index contributed by atoms with van der Waals surface area (Å²) < 4.78 is 25.8. The molecular formula is C20H15FN4O3. The maximum absolute atomic E-state index is 13.3. The smallest absolute Gasteiger partial charge is 0.172 e. The maximum Gasteiger partial charge on any atom is 0.172 e. The molecule has 0 N–H and O–H groups in total. The van der Waals surface area contributed by atoms with Gasteiger partial charge in [0.1, 0.15) is 28.7 Å². The van der Waals surface area contributed by atoms with E-state index in [1.165, 1.54) is 12.3 Å². The first-order valence-electron chi connectivity index (χ1n) is 8.39. The predicted octanol–water partition coefficient (Wildman–Crippen LogP) is 3.49. The molecule has 0 aliphatic carbocycles. The monoisotopic (exact) mass is 378 g/mol. The quantitative estimate of drug-likeness (QED) is 0.478. The van der Waals surface area contributed by atoms with E-state index in [0.717, 1.165) is 6.20 Å². The molecule has 4 rings (SSSR count). The van der Waals surface area contributed by atoms with Crippen LogP contribution in [0.5, 0.6) is 17.2 Å². The zero-order valence-corrected chi connectivity index (χ0v) is 14.9. The minimum Gasteiger partial charge on any atom is -0.495 e. The average molecular weight is 378 g/mol. The van der Waals surface area contributed by atoms with Crippen molar-refractivity contribution in [3.8, 4) is 17.2 Å². The van der Waals surface area contributed by atoms with Crippen molar-refractivity contribution in [2.24, 2.45) is 0 Å². The number of carbonyl (C=O) groups is 1. The molecule has 0 atom stereocenters. The number of fused-ring (bicyclic) bond motifs is 1. The first-order chi connectivity index (χ1) is 13.6. The Morgan fingerprint density at radius 3 is 2.75 bits per heavy atom. The summed E-state index contributed by atoms with van der Waals surface area (Å²) in [5, 5.41) is 0. The summed E-state index contributed by atoms with van der Waals surface area (Å²) in [6.07, 6.45) is 9.09. The summed E-state index contributed by atoms with van der Waals surface area (Å²) in [6.45, 7) is 0. The zero-order valence-electron chi connectivity index (χ0n) is 14.9. The Bertz CT molecular complexity index is 1140. The Morgan fingerprint density at radius 1 is 1.11 bits per heavy atom. The summed E-state index contributed by atoms with van der Waals surface area (Å²) >= 11 is 0. The lowest BCUT2D eigenvalue weighted by Crippen LogP contribution is -2.08. The highest BCUT2D eigenvalue weighted by Gasteiger charge is 2.16. The van der Waals surface area contributed by atoms with Gasteiger partial charge in [-0.1, -0.05) is 0 Å². The van der Waals surface area contributed by atoms with E-state index in [1.54, 1.807) is 54.5 Å². The molecule has 4 heterocycles. The second-order valence-electron chi connectivity index (χ2n) is 5.98. The topological polar surface area (TPSA) is 78.6 Å². The number of halogens is 1. The number of hydrogen-bond donors (Lipinski definition) is 0. The summed E-state index contributed by atoms with van der Waals surface area (Å²) in [7, 11) is 1.55. The Kier molecular flexibility index (Phi) is 4.67. The van der Waals surface area contributed by atoms with Crippen LogP contribution >= 0.6 is 0 Å². The minimum atomic E-state index is -0.511. The Hall–Kier alpha value is -3.81. The first-order valence-corrected chi connectivity index (χ1v) is 8.39. The van der Waals surface area contributed by atoms with Crippen LogP contribution in [-0.4, -0.2) is 32.2 Å². The number of ketones is 1. The van der Waals surface area contributed by atoms with Crippen molar-refractivity contribution in [1.29, 1.82) is 0 Å². The molecule has 0 saturated heterocycles. The van der Waals surface area contributed by atoms with Crippen LogP contribution in [0.15, 0.2) is 61.4 Å². The molecule has 0 aliphatic heterocycles. The van der Waals surface area contributed by atoms with Crippen LogP contribution in [0.2, 0.25) is 0 Å². The van der Waals surface area contributed by atoms with E-state index in [1.807, 2.05) is 0 Å². The number of pyridine rings is 3. The maximum atomic E-state index is 13.3. The second kappa shape index (κ2) is 7.43. The molecule has 0 radical (unpaired) electrons. The standard InChI is InChI=1S/C20H15FN4O3/c1-27-15-3-2-14(24-11-15)7-19(26)18-8-17(12-25-5-4-23-20(18)25)28-16-6-13(21)9-22-10-16/h2-6,8-12H,7H2,1H3. The van der Waals surface area contributed by atoms with E-state index in [4.69, 9.17) is 9.47 Å². The van der Waals surface area contributed by atoms with E-state index in [2.05, 4.69) is 15.0 Å². The molecule has 4 aromatic heterocycles.